The van der Waals surface area contributed by atoms with E-state index < -0.39 is 6.10 Å². The van der Waals surface area contributed by atoms with Crippen molar-refractivity contribution < 1.29 is 14.3 Å². The second kappa shape index (κ2) is 9.85. The Kier molecular flexibility index (Phi) is 7.52. The molecule has 142 valence electrons. The average molecular weight is 408 g/mol. The highest BCUT2D eigenvalue weighted by Crippen LogP contribution is 2.27. The smallest absolute Gasteiger partial charge is 0.319 e. The van der Waals surface area contributed by atoms with Crippen LogP contribution in [0.5, 0.6) is 5.75 Å². The summed E-state index contributed by atoms with van der Waals surface area (Å²) in [7, 11) is 0. The lowest BCUT2D eigenvalue weighted by Crippen LogP contribution is -2.30. The molecule has 0 heterocycles. The number of hydrogen-bond acceptors (Lipinski definition) is 3. The first kappa shape index (κ1) is 20.6. The van der Waals surface area contributed by atoms with Crippen LogP contribution < -0.4 is 20.7 Å². The van der Waals surface area contributed by atoms with E-state index in [0.717, 1.165) is 0 Å². The van der Waals surface area contributed by atoms with Crippen LogP contribution in [0.2, 0.25) is 10.0 Å². The molecule has 2 aromatic carbocycles. The lowest BCUT2D eigenvalue weighted by Gasteiger charge is -2.15. The van der Waals surface area contributed by atoms with Gasteiger partial charge in [-0.05, 0) is 43.3 Å². The number of rotatable bonds is 7. The minimum atomic E-state index is -0.746. The van der Waals surface area contributed by atoms with E-state index >= 15 is 0 Å². The van der Waals surface area contributed by atoms with E-state index in [2.05, 4.69) is 22.5 Å². The number of halogens is 2. The molecule has 0 aliphatic heterocycles. The topological polar surface area (TPSA) is 79.5 Å². The predicted molar refractivity (Wildman–Crippen MR) is 109 cm³/mol. The third kappa shape index (κ3) is 6.51. The molecule has 1 unspecified atom stereocenters. The first-order valence-electron chi connectivity index (χ1n) is 8.07. The van der Waals surface area contributed by atoms with Crippen LogP contribution >= 0.6 is 23.2 Å². The summed E-state index contributed by atoms with van der Waals surface area (Å²) in [5, 5.41) is 8.76. The average Bonchev–Trinajstić information content (AvgIpc) is 2.64. The highest BCUT2D eigenvalue weighted by Gasteiger charge is 2.15. The Morgan fingerprint density at radius 2 is 1.70 bits per heavy atom. The van der Waals surface area contributed by atoms with Crippen LogP contribution in [0, 0.1) is 0 Å². The van der Waals surface area contributed by atoms with E-state index in [4.69, 9.17) is 27.9 Å². The molecular weight excluding hydrogens is 389 g/mol. The maximum atomic E-state index is 12.3. The van der Waals surface area contributed by atoms with E-state index in [1.807, 2.05) is 0 Å². The molecule has 3 amide bonds. The second-order valence-electron chi connectivity index (χ2n) is 5.53. The van der Waals surface area contributed by atoms with Gasteiger partial charge < -0.3 is 20.7 Å². The summed E-state index contributed by atoms with van der Waals surface area (Å²) in [6.45, 7) is 5.52. The summed E-state index contributed by atoms with van der Waals surface area (Å²) in [4.78, 5) is 23.8. The standard InChI is InChI=1S/C19H19Cl2N3O3/c1-3-10-22-19(26)24-14-6-4-13(5-7-14)23-18(25)12(2)27-15-8-9-16(20)17(21)11-15/h3-9,11-12H,1,10H2,2H3,(H,23,25)(H2,22,24,26). The Morgan fingerprint density at radius 1 is 1.07 bits per heavy atom. The minimum Gasteiger partial charge on any atom is -0.481 e. The van der Waals surface area contributed by atoms with Crippen molar-refractivity contribution in [2.24, 2.45) is 0 Å². The van der Waals surface area contributed by atoms with Gasteiger partial charge in [0.2, 0.25) is 0 Å². The first-order chi connectivity index (χ1) is 12.9. The highest BCUT2D eigenvalue weighted by molar-refractivity contribution is 6.42. The predicted octanol–water partition coefficient (Wildman–Crippen LogP) is 4.71. The summed E-state index contributed by atoms with van der Waals surface area (Å²) in [6, 6.07) is 11.1. The van der Waals surface area contributed by atoms with Gasteiger partial charge in [-0.3, -0.25) is 4.79 Å². The van der Waals surface area contributed by atoms with Gasteiger partial charge >= 0.3 is 6.03 Å². The molecule has 0 aliphatic carbocycles. The summed E-state index contributed by atoms with van der Waals surface area (Å²) in [5.41, 5.74) is 1.16. The fourth-order valence-corrected chi connectivity index (χ4v) is 2.32. The quantitative estimate of drug-likeness (QED) is 0.581. The SMILES string of the molecule is C=CCNC(=O)Nc1ccc(NC(=O)C(C)Oc2ccc(Cl)c(Cl)c2)cc1. The van der Waals surface area contributed by atoms with Gasteiger partial charge in [-0.1, -0.05) is 29.3 Å². The Balaban J connectivity index is 1.89. The zero-order valence-corrected chi connectivity index (χ0v) is 16.1. The number of ether oxygens (including phenoxy) is 1. The molecule has 2 aromatic rings. The number of carbonyl (C=O) groups is 2. The molecule has 6 nitrogen and oxygen atoms in total. The third-order valence-corrected chi connectivity index (χ3v) is 4.13. The van der Waals surface area contributed by atoms with Gasteiger partial charge in [0.15, 0.2) is 6.10 Å². The lowest BCUT2D eigenvalue weighted by atomic mass is 10.2. The summed E-state index contributed by atoms with van der Waals surface area (Å²) >= 11 is 11.8. The first-order valence-corrected chi connectivity index (χ1v) is 8.83. The van der Waals surface area contributed by atoms with Crippen LogP contribution in [0.15, 0.2) is 55.1 Å². The number of urea groups is 1. The van der Waals surface area contributed by atoms with Crippen LogP contribution in [0.25, 0.3) is 0 Å². The maximum absolute atomic E-state index is 12.3. The Hall–Kier alpha value is -2.70. The zero-order chi connectivity index (χ0) is 19.8. The summed E-state index contributed by atoms with van der Waals surface area (Å²) in [5.74, 6) is 0.114. The van der Waals surface area contributed by atoms with Gasteiger partial charge in [0.25, 0.3) is 5.91 Å². The van der Waals surface area contributed by atoms with E-state index in [1.54, 1.807) is 55.5 Å². The highest BCUT2D eigenvalue weighted by atomic mass is 35.5. The van der Waals surface area contributed by atoms with Crippen LogP contribution in [0.1, 0.15) is 6.92 Å². The van der Waals surface area contributed by atoms with Crippen molar-refractivity contribution in [2.45, 2.75) is 13.0 Å². The number of anilines is 2. The molecular formula is C19H19Cl2N3O3. The van der Waals surface area contributed by atoms with E-state index in [-0.39, 0.29) is 11.9 Å². The molecule has 0 radical (unpaired) electrons. The van der Waals surface area contributed by atoms with E-state index in [1.165, 1.54) is 0 Å². The lowest BCUT2D eigenvalue weighted by molar-refractivity contribution is -0.122. The summed E-state index contributed by atoms with van der Waals surface area (Å²) < 4.78 is 5.57. The number of hydrogen-bond donors (Lipinski definition) is 3. The van der Waals surface area contributed by atoms with Crippen LogP contribution in [-0.4, -0.2) is 24.6 Å². The van der Waals surface area contributed by atoms with Crippen molar-refractivity contribution in [3.05, 3.63) is 65.2 Å². The Labute approximate surface area is 167 Å². The Morgan fingerprint density at radius 3 is 2.30 bits per heavy atom. The fourth-order valence-electron chi connectivity index (χ4n) is 2.03. The molecule has 0 saturated heterocycles. The van der Waals surface area contributed by atoms with Crippen molar-refractivity contribution in [1.29, 1.82) is 0 Å². The van der Waals surface area contributed by atoms with Crippen LogP contribution in [-0.2, 0) is 4.79 Å². The molecule has 0 bridgehead atoms. The van der Waals surface area contributed by atoms with Gasteiger partial charge in [-0.25, -0.2) is 4.79 Å². The number of carbonyl (C=O) groups excluding carboxylic acids is 2. The minimum absolute atomic E-state index is 0.328. The summed E-state index contributed by atoms with van der Waals surface area (Å²) in [6.07, 6.45) is 0.837. The Bertz CT molecular complexity index is 825. The molecule has 3 N–H and O–H groups in total. The van der Waals surface area contributed by atoms with Gasteiger partial charge in [-0.15, -0.1) is 6.58 Å². The van der Waals surface area contributed by atoms with Gasteiger partial charge in [-0.2, -0.15) is 0 Å². The number of nitrogens with one attached hydrogen (secondary N) is 3. The monoisotopic (exact) mass is 407 g/mol. The third-order valence-electron chi connectivity index (χ3n) is 3.39. The van der Waals surface area contributed by atoms with Gasteiger partial charge in [0.05, 0.1) is 10.0 Å². The largest absolute Gasteiger partial charge is 0.481 e. The van der Waals surface area contributed by atoms with Crippen molar-refractivity contribution in [3.8, 4) is 5.75 Å². The van der Waals surface area contributed by atoms with Gasteiger partial charge in [0.1, 0.15) is 5.75 Å². The van der Waals surface area contributed by atoms with Crippen molar-refractivity contribution >= 4 is 46.5 Å². The normalized spacial score (nSPS) is 11.2. The maximum Gasteiger partial charge on any atom is 0.319 e. The van der Waals surface area contributed by atoms with Gasteiger partial charge in [0, 0.05) is 24.0 Å². The molecule has 8 heteroatoms. The van der Waals surface area contributed by atoms with Crippen molar-refractivity contribution in [3.63, 3.8) is 0 Å². The number of benzene rings is 2. The molecule has 2 rings (SSSR count). The molecule has 1 atom stereocenters. The molecule has 0 fully saturated rings. The molecule has 0 aromatic heterocycles. The van der Waals surface area contributed by atoms with E-state index in [9.17, 15) is 9.59 Å². The fraction of sp³-hybridized carbons (Fsp3) is 0.158. The molecule has 0 spiro atoms. The second-order valence-corrected chi connectivity index (χ2v) is 6.34. The van der Waals surface area contributed by atoms with Crippen molar-refractivity contribution in [1.82, 2.24) is 5.32 Å². The van der Waals surface area contributed by atoms with Crippen molar-refractivity contribution in [2.75, 3.05) is 17.2 Å². The molecule has 27 heavy (non-hydrogen) atoms. The van der Waals surface area contributed by atoms with Crippen LogP contribution in [0.3, 0.4) is 0 Å². The molecule has 0 aliphatic rings. The zero-order valence-electron chi connectivity index (χ0n) is 14.6. The molecule has 0 saturated carbocycles. The van der Waals surface area contributed by atoms with Crippen LogP contribution in [0.4, 0.5) is 16.2 Å². The van der Waals surface area contributed by atoms with E-state index in [0.29, 0.717) is 33.7 Å². The number of amides is 3.